The third-order valence-electron chi connectivity index (χ3n) is 4.43. The second-order valence-electron chi connectivity index (χ2n) is 7.94. The number of nitrogens with zero attached hydrogens (tertiary/aromatic N) is 1. The second kappa shape index (κ2) is 5.34. The number of rotatable bonds is 4. The van der Waals surface area contributed by atoms with E-state index in [0.717, 1.165) is 13.1 Å². The molecule has 3 nitrogen and oxygen atoms in total. The van der Waals surface area contributed by atoms with Gasteiger partial charge in [-0.2, -0.15) is 0 Å². The summed E-state index contributed by atoms with van der Waals surface area (Å²) in [7, 11) is 0. The largest absolute Gasteiger partial charge is 0.367 e. The Morgan fingerprint density at radius 3 is 2.21 bits per heavy atom. The Morgan fingerprint density at radius 1 is 1.11 bits per heavy atom. The number of ether oxygens (including phenoxy) is 1. The van der Waals surface area contributed by atoms with Crippen molar-refractivity contribution >= 4 is 0 Å². The van der Waals surface area contributed by atoms with Gasteiger partial charge in [-0.05, 0) is 52.5 Å². The summed E-state index contributed by atoms with van der Waals surface area (Å²) in [5.74, 6) is 0. The maximum atomic E-state index is 6.19. The van der Waals surface area contributed by atoms with Gasteiger partial charge < -0.3 is 10.1 Å². The number of nitrogens with one attached hydrogen (secondary N) is 1. The van der Waals surface area contributed by atoms with Crippen LogP contribution in [0.1, 0.15) is 53.9 Å². The highest BCUT2D eigenvalue weighted by Gasteiger charge is 2.42. The quantitative estimate of drug-likeness (QED) is 0.848. The van der Waals surface area contributed by atoms with Crippen LogP contribution in [0.15, 0.2) is 0 Å². The molecule has 0 aromatic rings. The smallest absolute Gasteiger partial charge is 0.0760 e. The van der Waals surface area contributed by atoms with Crippen LogP contribution in [0.4, 0.5) is 0 Å². The van der Waals surface area contributed by atoms with Crippen LogP contribution in [-0.4, -0.2) is 48.8 Å². The molecule has 2 saturated heterocycles. The third-order valence-corrected chi connectivity index (χ3v) is 4.43. The Morgan fingerprint density at radius 2 is 1.74 bits per heavy atom. The summed E-state index contributed by atoms with van der Waals surface area (Å²) in [5, 5.41) is 3.57. The minimum absolute atomic E-state index is 0.0266. The molecule has 3 heteroatoms. The zero-order valence-corrected chi connectivity index (χ0v) is 13.5. The van der Waals surface area contributed by atoms with E-state index in [1.165, 1.54) is 38.9 Å². The Kier molecular flexibility index (Phi) is 4.29. The van der Waals surface area contributed by atoms with Gasteiger partial charge in [-0.25, -0.2) is 0 Å². The highest BCUT2D eigenvalue weighted by molar-refractivity contribution is 4.95. The normalized spacial score (nSPS) is 34.6. The monoisotopic (exact) mass is 268 g/mol. The first-order chi connectivity index (χ1) is 8.76. The maximum absolute atomic E-state index is 6.19. The van der Waals surface area contributed by atoms with Crippen molar-refractivity contribution in [3.63, 3.8) is 0 Å². The van der Waals surface area contributed by atoms with E-state index < -0.39 is 0 Å². The van der Waals surface area contributed by atoms with Gasteiger partial charge in [0.15, 0.2) is 0 Å². The Labute approximate surface area is 119 Å². The molecule has 19 heavy (non-hydrogen) atoms. The minimum Gasteiger partial charge on any atom is -0.367 e. The van der Waals surface area contributed by atoms with E-state index in [1.54, 1.807) is 0 Å². The van der Waals surface area contributed by atoms with Gasteiger partial charge >= 0.3 is 0 Å². The molecule has 0 aliphatic carbocycles. The first kappa shape index (κ1) is 15.3. The molecule has 2 heterocycles. The fourth-order valence-electron chi connectivity index (χ4n) is 4.28. The zero-order valence-electron chi connectivity index (χ0n) is 13.5. The van der Waals surface area contributed by atoms with Crippen LogP contribution in [-0.2, 0) is 4.74 Å². The molecule has 0 aromatic carbocycles. The predicted octanol–water partition coefficient (Wildman–Crippen LogP) is 2.66. The van der Waals surface area contributed by atoms with Crippen LogP contribution in [0.3, 0.4) is 0 Å². The Bertz CT molecular complexity index is 290. The molecule has 2 fully saturated rings. The van der Waals surface area contributed by atoms with E-state index >= 15 is 0 Å². The molecule has 1 atom stereocenters. The van der Waals surface area contributed by atoms with Crippen molar-refractivity contribution in [2.75, 3.05) is 32.7 Å². The molecule has 0 aromatic heterocycles. The maximum Gasteiger partial charge on any atom is 0.0760 e. The zero-order chi connectivity index (χ0) is 14.1. The topological polar surface area (TPSA) is 24.5 Å². The molecular weight excluding hydrogens is 236 g/mol. The van der Waals surface area contributed by atoms with Crippen molar-refractivity contribution < 1.29 is 4.74 Å². The summed E-state index contributed by atoms with van der Waals surface area (Å²) in [6.07, 6.45) is 3.97. The van der Waals surface area contributed by atoms with Gasteiger partial charge in [0.05, 0.1) is 11.2 Å². The third kappa shape index (κ3) is 3.93. The molecule has 1 unspecified atom stereocenters. The van der Waals surface area contributed by atoms with E-state index in [1.807, 2.05) is 0 Å². The first-order valence-electron chi connectivity index (χ1n) is 7.89. The van der Waals surface area contributed by atoms with E-state index in [2.05, 4.69) is 44.8 Å². The van der Waals surface area contributed by atoms with Crippen LogP contribution in [0.2, 0.25) is 0 Å². The molecule has 0 amide bonds. The molecule has 0 spiro atoms. The fourth-order valence-corrected chi connectivity index (χ4v) is 4.28. The van der Waals surface area contributed by atoms with Crippen molar-refractivity contribution in [1.29, 1.82) is 0 Å². The van der Waals surface area contributed by atoms with Crippen molar-refractivity contribution in [2.45, 2.75) is 65.1 Å². The summed E-state index contributed by atoms with van der Waals surface area (Å²) in [6.45, 7) is 16.9. The predicted molar refractivity (Wildman–Crippen MR) is 80.5 cm³/mol. The molecule has 112 valence electrons. The lowest BCUT2D eigenvalue weighted by Gasteiger charge is -2.49. The van der Waals surface area contributed by atoms with E-state index in [4.69, 9.17) is 4.74 Å². The minimum atomic E-state index is -0.0266. The van der Waals surface area contributed by atoms with Crippen molar-refractivity contribution in [3.05, 3.63) is 0 Å². The summed E-state index contributed by atoms with van der Waals surface area (Å²) in [4.78, 5) is 2.64. The Balaban J connectivity index is 2.04. The van der Waals surface area contributed by atoms with Gasteiger partial charge in [-0.1, -0.05) is 13.3 Å². The van der Waals surface area contributed by atoms with Crippen LogP contribution in [0.25, 0.3) is 0 Å². The molecule has 2 aliphatic heterocycles. The lowest BCUT2D eigenvalue weighted by atomic mass is 9.81. The summed E-state index contributed by atoms with van der Waals surface area (Å²) >= 11 is 0. The molecular formula is C16H32N2O. The van der Waals surface area contributed by atoms with Crippen LogP contribution >= 0.6 is 0 Å². The van der Waals surface area contributed by atoms with E-state index in [9.17, 15) is 0 Å². The van der Waals surface area contributed by atoms with Crippen LogP contribution in [0.5, 0.6) is 0 Å². The van der Waals surface area contributed by atoms with Crippen molar-refractivity contribution in [1.82, 2.24) is 10.2 Å². The average Bonchev–Trinajstić information content (AvgIpc) is 2.61. The van der Waals surface area contributed by atoms with Crippen molar-refractivity contribution in [3.8, 4) is 0 Å². The van der Waals surface area contributed by atoms with Gasteiger partial charge in [0.25, 0.3) is 0 Å². The number of morpholine rings is 1. The lowest BCUT2D eigenvalue weighted by molar-refractivity contribution is -0.184. The Hall–Kier alpha value is -0.120. The lowest BCUT2D eigenvalue weighted by Crippen LogP contribution is -2.59. The van der Waals surface area contributed by atoms with Gasteiger partial charge in [-0.15, -0.1) is 0 Å². The summed E-state index contributed by atoms with van der Waals surface area (Å²) < 4.78 is 6.19. The van der Waals surface area contributed by atoms with Crippen molar-refractivity contribution in [2.24, 2.45) is 5.41 Å². The number of hydrogen-bond acceptors (Lipinski definition) is 3. The van der Waals surface area contributed by atoms with Gasteiger partial charge in [0.2, 0.25) is 0 Å². The average molecular weight is 268 g/mol. The molecule has 0 saturated carbocycles. The highest BCUT2D eigenvalue weighted by atomic mass is 16.5. The van der Waals surface area contributed by atoms with Crippen LogP contribution in [0, 0.1) is 5.41 Å². The van der Waals surface area contributed by atoms with E-state index in [-0.39, 0.29) is 11.2 Å². The molecule has 1 N–H and O–H groups in total. The molecule has 2 aliphatic rings. The molecule has 2 rings (SSSR count). The van der Waals surface area contributed by atoms with Gasteiger partial charge in [-0.3, -0.25) is 4.90 Å². The van der Waals surface area contributed by atoms with E-state index in [0.29, 0.717) is 5.41 Å². The second-order valence-corrected chi connectivity index (χ2v) is 7.94. The molecule has 0 radical (unpaired) electrons. The summed E-state index contributed by atoms with van der Waals surface area (Å²) in [6, 6.07) is 0. The standard InChI is InChI=1S/C16H32N2O/c1-6-7-16(8-9-17-10-16)13-18-11-14(2,3)19-15(4,5)12-18/h17H,6-13H2,1-5H3. The highest BCUT2D eigenvalue weighted by Crippen LogP contribution is 2.35. The SMILES string of the molecule is CCCC1(CN2CC(C)(C)OC(C)(C)C2)CCNC1. The fraction of sp³-hybridized carbons (Fsp3) is 1.00. The first-order valence-corrected chi connectivity index (χ1v) is 7.89. The van der Waals surface area contributed by atoms with Gasteiger partial charge in [0, 0.05) is 26.2 Å². The summed E-state index contributed by atoms with van der Waals surface area (Å²) in [5.41, 5.74) is 0.445. The number of hydrogen-bond donors (Lipinski definition) is 1. The van der Waals surface area contributed by atoms with Crippen LogP contribution < -0.4 is 5.32 Å². The molecule has 0 bridgehead atoms. The van der Waals surface area contributed by atoms with Gasteiger partial charge in [0.1, 0.15) is 0 Å².